The van der Waals surface area contributed by atoms with Crippen LogP contribution < -0.4 is 10.3 Å². The summed E-state index contributed by atoms with van der Waals surface area (Å²) in [5, 5.41) is 0. The highest BCUT2D eigenvalue weighted by molar-refractivity contribution is 7.90. The van der Waals surface area contributed by atoms with Crippen molar-refractivity contribution in [2.75, 3.05) is 5.75 Å². The third kappa shape index (κ3) is 4.17. The van der Waals surface area contributed by atoms with Crippen LogP contribution in [-0.4, -0.2) is 25.1 Å². The molecule has 0 saturated heterocycles. The third-order valence-corrected chi connectivity index (χ3v) is 5.75. The zero-order valence-corrected chi connectivity index (χ0v) is 14.7. The van der Waals surface area contributed by atoms with Crippen molar-refractivity contribution in [2.45, 2.75) is 32.1 Å². The number of carbonyl (C=O) groups is 1. The summed E-state index contributed by atoms with van der Waals surface area (Å²) in [5.74, 6) is -0.703. The number of aryl methyl sites for hydroxylation is 2. The number of carbonyl (C=O) groups excluding carboxylic acids is 1. The van der Waals surface area contributed by atoms with E-state index in [1.54, 1.807) is 6.92 Å². The van der Waals surface area contributed by atoms with Crippen LogP contribution in [0.25, 0.3) is 0 Å². The molecule has 1 aromatic heterocycles. The molecule has 0 saturated carbocycles. The lowest BCUT2D eigenvalue weighted by Crippen LogP contribution is -2.33. The Bertz CT molecular complexity index is 963. The van der Waals surface area contributed by atoms with E-state index >= 15 is 0 Å². The van der Waals surface area contributed by atoms with E-state index < -0.39 is 21.5 Å². The molecule has 3 rings (SSSR count). The van der Waals surface area contributed by atoms with Gasteiger partial charge in [-0.1, -0.05) is 24.3 Å². The van der Waals surface area contributed by atoms with E-state index in [-0.39, 0.29) is 17.2 Å². The maximum atomic E-state index is 12.2. The molecule has 0 spiro atoms. The predicted molar refractivity (Wildman–Crippen MR) is 95.2 cm³/mol. The number of aromatic amines is 1. The van der Waals surface area contributed by atoms with E-state index in [1.165, 1.54) is 17.2 Å². The van der Waals surface area contributed by atoms with Crippen LogP contribution in [-0.2, 0) is 16.4 Å². The van der Waals surface area contributed by atoms with Gasteiger partial charge in [0.2, 0.25) is 15.6 Å². The smallest absolute Gasteiger partial charge is 0.264 e. The van der Waals surface area contributed by atoms with Crippen molar-refractivity contribution in [1.29, 1.82) is 0 Å². The van der Waals surface area contributed by atoms with Crippen molar-refractivity contribution in [3.8, 4) is 0 Å². The fourth-order valence-electron chi connectivity index (χ4n) is 3.31. The number of amides is 1. The second kappa shape index (κ2) is 6.84. The number of rotatable bonds is 5. The van der Waals surface area contributed by atoms with E-state index in [0.717, 1.165) is 18.9 Å². The van der Waals surface area contributed by atoms with Gasteiger partial charge in [0.1, 0.15) is 0 Å². The first-order valence-electron chi connectivity index (χ1n) is 8.18. The Morgan fingerprint density at radius 3 is 2.80 bits per heavy atom. The molecule has 1 unspecified atom stereocenters. The number of hydrogen-bond donors (Lipinski definition) is 2. The lowest BCUT2D eigenvalue weighted by molar-refractivity contribution is 0.0981. The number of benzene rings is 1. The van der Waals surface area contributed by atoms with Crippen LogP contribution in [0, 0.1) is 6.92 Å². The summed E-state index contributed by atoms with van der Waals surface area (Å²) in [6.07, 6.45) is 2.35. The Kier molecular flexibility index (Phi) is 4.76. The van der Waals surface area contributed by atoms with Gasteiger partial charge in [0, 0.05) is 17.3 Å². The summed E-state index contributed by atoms with van der Waals surface area (Å²) in [5.41, 5.74) is 2.57. The Hall–Kier alpha value is -2.41. The molecule has 0 radical (unpaired) electrons. The molecule has 0 bridgehead atoms. The molecule has 25 heavy (non-hydrogen) atoms. The van der Waals surface area contributed by atoms with Crippen molar-refractivity contribution < 1.29 is 13.2 Å². The maximum absolute atomic E-state index is 12.2. The van der Waals surface area contributed by atoms with Crippen LogP contribution in [0.15, 0.2) is 41.2 Å². The van der Waals surface area contributed by atoms with Crippen molar-refractivity contribution in [3.05, 3.63) is 69.1 Å². The first-order valence-corrected chi connectivity index (χ1v) is 9.83. The molecule has 132 valence electrons. The van der Waals surface area contributed by atoms with Gasteiger partial charge in [-0.25, -0.2) is 13.1 Å². The third-order valence-electron chi connectivity index (χ3n) is 4.48. The summed E-state index contributed by atoms with van der Waals surface area (Å²) in [6.45, 7) is 1.63. The number of fused-ring (bicyclic) bond motifs is 1. The quantitative estimate of drug-likeness (QED) is 0.851. The second-order valence-electron chi connectivity index (χ2n) is 6.39. The molecular weight excluding hydrogens is 340 g/mol. The van der Waals surface area contributed by atoms with E-state index in [0.29, 0.717) is 12.1 Å². The van der Waals surface area contributed by atoms with Crippen molar-refractivity contribution in [2.24, 2.45) is 0 Å². The largest absolute Gasteiger partial charge is 0.326 e. The highest BCUT2D eigenvalue weighted by Gasteiger charge is 2.25. The van der Waals surface area contributed by atoms with Gasteiger partial charge in [-0.05, 0) is 49.3 Å². The van der Waals surface area contributed by atoms with E-state index in [2.05, 4.69) is 15.8 Å². The van der Waals surface area contributed by atoms with Crippen LogP contribution in [0.3, 0.4) is 0 Å². The van der Waals surface area contributed by atoms with Crippen LogP contribution in [0.5, 0.6) is 0 Å². The number of sulfonamides is 1. The Labute approximate surface area is 146 Å². The Balaban J connectivity index is 1.65. The molecule has 2 aromatic rings. The van der Waals surface area contributed by atoms with Gasteiger partial charge in [-0.15, -0.1) is 0 Å². The predicted octanol–water partition coefficient (Wildman–Crippen LogP) is 1.86. The minimum atomic E-state index is -3.76. The number of pyridine rings is 1. The second-order valence-corrected chi connectivity index (χ2v) is 8.23. The molecule has 0 aliphatic heterocycles. The lowest BCUT2D eigenvalue weighted by atomic mass is 9.99. The monoisotopic (exact) mass is 360 g/mol. The lowest BCUT2D eigenvalue weighted by Gasteiger charge is -2.12. The van der Waals surface area contributed by atoms with Crippen molar-refractivity contribution in [1.82, 2.24) is 9.71 Å². The summed E-state index contributed by atoms with van der Waals surface area (Å²) in [6, 6.07) is 10.6. The number of nitrogens with one attached hydrogen (secondary N) is 2. The highest BCUT2D eigenvalue weighted by atomic mass is 32.2. The molecular formula is C18H20N2O4S. The SMILES string of the molecule is Cc1cc(C(=O)NS(=O)(=O)CCC2CCc3ccccc32)cc(=O)[nH]1. The number of H-pyrrole nitrogens is 1. The van der Waals surface area contributed by atoms with Crippen LogP contribution in [0.2, 0.25) is 0 Å². The van der Waals surface area contributed by atoms with Gasteiger partial charge in [0.25, 0.3) is 5.91 Å². The number of aromatic nitrogens is 1. The number of hydrogen-bond acceptors (Lipinski definition) is 4. The molecule has 1 aliphatic carbocycles. The standard InChI is InChI=1S/C18H20N2O4S/c1-12-10-15(11-17(21)19-12)18(22)20-25(23,24)9-8-14-7-6-13-4-2-3-5-16(13)14/h2-5,10-11,14H,6-9H2,1H3,(H,19,21)(H,20,22). The summed E-state index contributed by atoms with van der Waals surface area (Å²) in [7, 11) is -3.76. The zero-order valence-electron chi connectivity index (χ0n) is 13.9. The van der Waals surface area contributed by atoms with Gasteiger partial charge in [-0.3, -0.25) is 9.59 Å². The average Bonchev–Trinajstić information content (AvgIpc) is 2.95. The van der Waals surface area contributed by atoms with Gasteiger partial charge < -0.3 is 4.98 Å². The molecule has 0 fully saturated rings. The van der Waals surface area contributed by atoms with Crippen molar-refractivity contribution in [3.63, 3.8) is 0 Å². The van der Waals surface area contributed by atoms with Gasteiger partial charge in [0.05, 0.1) is 5.75 Å². The minimum absolute atomic E-state index is 0.0380. The molecule has 7 heteroatoms. The molecule has 1 heterocycles. The minimum Gasteiger partial charge on any atom is -0.326 e. The van der Waals surface area contributed by atoms with E-state index in [1.807, 2.05) is 18.2 Å². The summed E-state index contributed by atoms with van der Waals surface area (Å²) < 4.78 is 26.5. The molecule has 6 nitrogen and oxygen atoms in total. The fourth-order valence-corrected chi connectivity index (χ4v) is 4.40. The summed E-state index contributed by atoms with van der Waals surface area (Å²) in [4.78, 5) is 26.0. The normalized spacial score (nSPS) is 16.4. The van der Waals surface area contributed by atoms with Gasteiger partial charge >= 0.3 is 0 Å². The molecule has 1 atom stereocenters. The molecule has 1 aliphatic rings. The van der Waals surface area contributed by atoms with Gasteiger partial charge in [0.15, 0.2) is 0 Å². The highest BCUT2D eigenvalue weighted by Crippen LogP contribution is 2.35. The van der Waals surface area contributed by atoms with E-state index in [4.69, 9.17) is 0 Å². The molecule has 2 N–H and O–H groups in total. The van der Waals surface area contributed by atoms with Crippen LogP contribution in [0.1, 0.15) is 45.9 Å². The van der Waals surface area contributed by atoms with E-state index in [9.17, 15) is 18.0 Å². The zero-order chi connectivity index (χ0) is 18.0. The van der Waals surface area contributed by atoms with Crippen molar-refractivity contribution >= 4 is 15.9 Å². The molecule has 1 amide bonds. The Morgan fingerprint density at radius 2 is 2.04 bits per heavy atom. The van der Waals surface area contributed by atoms with Crippen LogP contribution >= 0.6 is 0 Å². The average molecular weight is 360 g/mol. The Morgan fingerprint density at radius 1 is 1.28 bits per heavy atom. The molecule has 1 aromatic carbocycles. The first kappa shape index (κ1) is 17.4. The summed E-state index contributed by atoms with van der Waals surface area (Å²) >= 11 is 0. The fraction of sp³-hybridized carbons (Fsp3) is 0.333. The van der Waals surface area contributed by atoms with Gasteiger partial charge in [-0.2, -0.15) is 0 Å². The first-order chi connectivity index (χ1) is 11.8. The van der Waals surface area contributed by atoms with Crippen LogP contribution in [0.4, 0.5) is 0 Å². The maximum Gasteiger partial charge on any atom is 0.264 e. The topological polar surface area (TPSA) is 96.1 Å².